The van der Waals surface area contributed by atoms with Crippen molar-refractivity contribution in [1.29, 1.82) is 0 Å². The van der Waals surface area contributed by atoms with Crippen LogP contribution in [0.4, 0.5) is 0 Å². The number of H-pyrrole nitrogens is 1. The van der Waals surface area contributed by atoms with Gasteiger partial charge in [0.25, 0.3) is 5.91 Å². The Morgan fingerprint density at radius 1 is 1.52 bits per heavy atom. The summed E-state index contributed by atoms with van der Waals surface area (Å²) in [4.78, 5) is 27.3. The number of carbonyl (C=O) groups is 2. The number of rotatable bonds is 6. The van der Waals surface area contributed by atoms with Crippen LogP contribution in [0.15, 0.2) is 12.4 Å². The molecule has 0 saturated carbocycles. The Balaban J connectivity index is 2.12. The van der Waals surface area contributed by atoms with Gasteiger partial charge in [0, 0.05) is 25.2 Å². The van der Waals surface area contributed by atoms with Gasteiger partial charge in [-0.3, -0.25) is 14.6 Å². The van der Waals surface area contributed by atoms with E-state index < -0.39 is 17.9 Å². The predicted octanol–water partition coefficient (Wildman–Crippen LogP) is 0.0464. The van der Waals surface area contributed by atoms with Gasteiger partial charge in [-0.05, 0) is 6.42 Å². The lowest BCUT2D eigenvalue weighted by molar-refractivity contribution is -0.139. The van der Waals surface area contributed by atoms with Crippen LogP contribution >= 0.6 is 0 Å². The molecule has 0 saturated heterocycles. The molecule has 2 aromatic rings. The normalized spacial score (nSPS) is 12.1. The summed E-state index contributed by atoms with van der Waals surface area (Å²) >= 11 is 0. The highest BCUT2D eigenvalue weighted by atomic mass is 16.4. The van der Waals surface area contributed by atoms with Gasteiger partial charge in [0.2, 0.25) is 5.82 Å². The highest BCUT2D eigenvalue weighted by Crippen LogP contribution is 2.12. The van der Waals surface area contributed by atoms with Crippen LogP contribution in [0.5, 0.6) is 0 Å². The van der Waals surface area contributed by atoms with Crippen LogP contribution in [-0.2, 0) is 18.3 Å². The Morgan fingerprint density at radius 2 is 2.29 bits per heavy atom. The highest BCUT2D eigenvalue weighted by molar-refractivity contribution is 5.93. The van der Waals surface area contributed by atoms with Gasteiger partial charge in [-0.25, -0.2) is 9.78 Å². The van der Waals surface area contributed by atoms with Crippen LogP contribution in [0.25, 0.3) is 0 Å². The number of nitrogens with zero attached hydrogens (tertiary/aromatic N) is 4. The fourth-order valence-electron chi connectivity index (χ4n) is 1.82. The molecule has 9 nitrogen and oxygen atoms in total. The molecule has 1 unspecified atom stereocenters. The number of carboxylic acid groups (broad SMARTS) is 1. The van der Waals surface area contributed by atoms with Crippen molar-refractivity contribution in [2.24, 2.45) is 7.05 Å². The lowest BCUT2D eigenvalue weighted by Crippen LogP contribution is -2.34. The largest absolute Gasteiger partial charge is 0.479 e. The van der Waals surface area contributed by atoms with Crippen molar-refractivity contribution in [2.45, 2.75) is 25.8 Å². The first-order chi connectivity index (χ1) is 10.0. The average Bonchev–Trinajstić information content (AvgIpc) is 3.05. The molecule has 0 aliphatic heterocycles. The first kappa shape index (κ1) is 14.7. The number of hydrogen-bond donors (Lipinski definition) is 3. The molecule has 0 bridgehead atoms. The third-order valence-electron chi connectivity index (χ3n) is 2.80. The number of aromatic nitrogens is 5. The summed E-state index contributed by atoms with van der Waals surface area (Å²) in [5, 5.41) is 21.9. The maximum absolute atomic E-state index is 12.0. The number of aryl methyl sites for hydroxylation is 2. The zero-order valence-corrected chi connectivity index (χ0v) is 11.7. The minimum atomic E-state index is -1.20. The summed E-state index contributed by atoms with van der Waals surface area (Å²) in [6.45, 7) is 1.98. The third-order valence-corrected chi connectivity index (χ3v) is 2.80. The molecule has 0 spiro atoms. The zero-order chi connectivity index (χ0) is 15.4. The lowest BCUT2D eigenvalue weighted by Gasteiger charge is -2.11. The summed E-state index contributed by atoms with van der Waals surface area (Å²) in [6.07, 6.45) is 4.45. The second-order valence-corrected chi connectivity index (χ2v) is 4.55. The Bertz CT molecular complexity index is 647. The van der Waals surface area contributed by atoms with E-state index in [9.17, 15) is 14.7 Å². The Kier molecular flexibility index (Phi) is 4.31. The summed E-state index contributed by atoms with van der Waals surface area (Å²) in [7, 11) is 1.66. The highest BCUT2D eigenvalue weighted by Gasteiger charge is 2.25. The van der Waals surface area contributed by atoms with E-state index in [1.807, 2.05) is 6.92 Å². The van der Waals surface area contributed by atoms with Crippen molar-refractivity contribution in [2.75, 3.05) is 0 Å². The third kappa shape index (κ3) is 3.44. The Morgan fingerprint density at radius 3 is 2.86 bits per heavy atom. The fourth-order valence-corrected chi connectivity index (χ4v) is 1.82. The molecule has 21 heavy (non-hydrogen) atoms. The van der Waals surface area contributed by atoms with Crippen LogP contribution in [0, 0.1) is 0 Å². The van der Waals surface area contributed by atoms with Gasteiger partial charge < -0.3 is 10.4 Å². The monoisotopic (exact) mass is 292 g/mol. The summed E-state index contributed by atoms with van der Waals surface area (Å²) in [5.41, 5.74) is 0.377. The van der Waals surface area contributed by atoms with Gasteiger partial charge in [-0.15, -0.1) is 5.10 Å². The molecular formula is C12H16N6O3. The second-order valence-electron chi connectivity index (χ2n) is 4.55. The minimum absolute atomic E-state index is 0.0754. The summed E-state index contributed by atoms with van der Waals surface area (Å²) in [6, 6.07) is -1.20. The number of aromatic amines is 1. The molecule has 0 aliphatic carbocycles. The van der Waals surface area contributed by atoms with E-state index in [1.165, 1.54) is 17.1 Å². The van der Waals surface area contributed by atoms with Crippen LogP contribution in [0.2, 0.25) is 0 Å². The molecular weight excluding hydrogens is 276 g/mol. The molecule has 0 radical (unpaired) electrons. The van der Waals surface area contributed by atoms with Crippen molar-refractivity contribution in [3.8, 4) is 0 Å². The molecule has 0 aromatic carbocycles. The van der Waals surface area contributed by atoms with E-state index >= 15 is 0 Å². The van der Waals surface area contributed by atoms with Gasteiger partial charge in [0.05, 0.1) is 6.20 Å². The molecule has 2 aromatic heterocycles. The van der Waals surface area contributed by atoms with Crippen molar-refractivity contribution in [3.05, 3.63) is 29.6 Å². The topological polar surface area (TPSA) is 126 Å². The molecule has 3 N–H and O–H groups in total. The van der Waals surface area contributed by atoms with E-state index in [1.54, 1.807) is 7.05 Å². The predicted molar refractivity (Wildman–Crippen MR) is 71.4 cm³/mol. The Hall–Kier alpha value is -2.71. The summed E-state index contributed by atoms with van der Waals surface area (Å²) < 4.78 is 1.46. The maximum atomic E-state index is 12.0. The van der Waals surface area contributed by atoms with Gasteiger partial charge in [0.1, 0.15) is 5.82 Å². The standard InChI is InChI=1S/C12H16N6O3/c1-3-4-8-14-10(17-16-8)11(19)15-9(12(20)21)7-5-13-18(2)6-7/h5-6,9H,3-4H2,1-2H3,(H,15,19)(H,20,21)(H,14,16,17). The van der Waals surface area contributed by atoms with Gasteiger partial charge in [-0.2, -0.15) is 5.10 Å². The number of carbonyl (C=O) groups excluding carboxylic acids is 1. The van der Waals surface area contributed by atoms with E-state index in [-0.39, 0.29) is 5.82 Å². The van der Waals surface area contributed by atoms with Crippen molar-refractivity contribution in [3.63, 3.8) is 0 Å². The zero-order valence-electron chi connectivity index (χ0n) is 11.7. The lowest BCUT2D eigenvalue weighted by atomic mass is 10.1. The molecule has 1 atom stereocenters. The van der Waals surface area contributed by atoms with Crippen molar-refractivity contribution >= 4 is 11.9 Å². The molecule has 112 valence electrons. The van der Waals surface area contributed by atoms with Gasteiger partial charge >= 0.3 is 5.97 Å². The van der Waals surface area contributed by atoms with Crippen molar-refractivity contribution in [1.82, 2.24) is 30.3 Å². The number of nitrogens with one attached hydrogen (secondary N) is 2. The number of hydrogen-bond acceptors (Lipinski definition) is 5. The molecule has 0 aliphatic rings. The van der Waals surface area contributed by atoms with Crippen LogP contribution in [-0.4, -0.2) is 41.9 Å². The first-order valence-electron chi connectivity index (χ1n) is 6.44. The fraction of sp³-hybridized carbons (Fsp3) is 0.417. The second kappa shape index (κ2) is 6.16. The number of carboxylic acids is 1. The van der Waals surface area contributed by atoms with Crippen LogP contribution in [0.3, 0.4) is 0 Å². The van der Waals surface area contributed by atoms with E-state index in [4.69, 9.17) is 0 Å². The number of aliphatic carboxylic acids is 1. The average molecular weight is 292 g/mol. The molecule has 2 rings (SSSR count). The minimum Gasteiger partial charge on any atom is -0.479 e. The smallest absolute Gasteiger partial charge is 0.331 e. The molecule has 2 heterocycles. The molecule has 0 fully saturated rings. The van der Waals surface area contributed by atoms with Crippen LogP contribution in [0.1, 0.15) is 41.4 Å². The molecule has 9 heteroatoms. The quantitative estimate of drug-likeness (QED) is 0.690. The van der Waals surface area contributed by atoms with E-state index in [0.717, 1.165) is 6.42 Å². The first-order valence-corrected chi connectivity index (χ1v) is 6.44. The van der Waals surface area contributed by atoms with Gasteiger partial charge in [0.15, 0.2) is 6.04 Å². The van der Waals surface area contributed by atoms with Gasteiger partial charge in [-0.1, -0.05) is 6.92 Å². The van der Waals surface area contributed by atoms with E-state index in [2.05, 4.69) is 25.6 Å². The van der Waals surface area contributed by atoms with Crippen LogP contribution < -0.4 is 5.32 Å². The maximum Gasteiger partial charge on any atom is 0.331 e. The Labute approximate surface area is 120 Å². The van der Waals surface area contributed by atoms with E-state index in [0.29, 0.717) is 17.8 Å². The van der Waals surface area contributed by atoms with Crippen molar-refractivity contribution < 1.29 is 14.7 Å². The SMILES string of the molecule is CCCc1nc(C(=O)NC(C(=O)O)c2cnn(C)c2)n[nH]1. The summed E-state index contributed by atoms with van der Waals surface area (Å²) in [5.74, 6) is -1.31. The number of amides is 1. The molecule has 1 amide bonds.